The third-order valence-electron chi connectivity index (χ3n) is 5.49. The van der Waals surface area contributed by atoms with Gasteiger partial charge in [0.2, 0.25) is 5.91 Å². The molecular weight excluding hydrogens is 530 g/mol. The van der Waals surface area contributed by atoms with E-state index in [1.165, 1.54) is 6.42 Å². The fourth-order valence-electron chi connectivity index (χ4n) is 3.92. The summed E-state index contributed by atoms with van der Waals surface area (Å²) in [6.45, 7) is 1.85. The molecule has 2 heterocycles. The number of aliphatic imine (C=N–C) groups is 1. The zero-order valence-corrected chi connectivity index (χ0v) is 20.2. The summed E-state index contributed by atoms with van der Waals surface area (Å²) in [4.78, 5) is 22.4. The Morgan fingerprint density at radius 1 is 1.30 bits per heavy atom. The van der Waals surface area contributed by atoms with Gasteiger partial charge < -0.3 is 15.5 Å². The topological polar surface area (TPSA) is 69.6 Å². The molecule has 3 rings (SSSR count). The third-order valence-corrected chi connectivity index (χ3v) is 6.40. The zero-order valence-electron chi connectivity index (χ0n) is 17.0. The molecule has 1 unspecified atom stereocenters. The molecule has 1 saturated heterocycles. The standard InChI is InChI=1S/C19H28F3N5OS.HI/c1-23-18(24-9-7-16-26-15(12-29-16)19(20,21)22)25-14-8-10-27(11-14)17(28)13-5-3-2-4-6-13;/h12-14H,2-11H2,1H3,(H2,23,24,25);1H. The van der Waals surface area contributed by atoms with E-state index < -0.39 is 11.9 Å². The first-order valence-electron chi connectivity index (χ1n) is 10.1. The Balaban J connectivity index is 0.00000320. The predicted octanol–water partition coefficient (Wildman–Crippen LogP) is 3.67. The Morgan fingerprint density at radius 2 is 2.03 bits per heavy atom. The minimum Gasteiger partial charge on any atom is -0.356 e. The molecule has 2 fully saturated rings. The number of halogens is 4. The van der Waals surface area contributed by atoms with Crippen molar-refractivity contribution in [1.82, 2.24) is 20.5 Å². The zero-order chi connectivity index (χ0) is 20.9. The molecular formula is C19H29F3IN5OS. The van der Waals surface area contributed by atoms with Crippen LogP contribution in [0.25, 0.3) is 0 Å². The number of nitrogens with zero attached hydrogens (tertiary/aromatic N) is 3. The van der Waals surface area contributed by atoms with Crippen LogP contribution in [0.1, 0.15) is 49.2 Å². The van der Waals surface area contributed by atoms with Gasteiger partial charge in [-0.25, -0.2) is 4.98 Å². The maximum absolute atomic E-state index is 12.7. The molecule has 170 valence electrons. The van der Waals surface area contributed by atoms with Crippen molar-refractivity contribution in [2.75, 3.05) is 26.7 Å². The van der Waals surface area contributed by atoms with Crippen molar-refractivity contribution in [1.29, 1.82) is 0 Å². The van der Waals surface area contributed by atoms with E-state index >= 15 is 0 Å². The van der Waals surface area contributed by atoms with Crippen LogP contribution in [-0.2, 0) is 17.4 Å². The van der Waals surface area contributed by atoms with E-state index in [4.69, 9.17) is 0 Å². The second-order valence-corrected chi connectivity index (χ2v) is 8.57. The molecule has 0 spiro atoms. The normalized spacial score (nSPS) is 20.7. The summed E-state index contributed by atoms with van der Waals surface area (Å²) in [5, 5.41) is 7.91. The maximum atomic E-state index is 12.7. The molecule has 1 amide bonds. The summed E-state index contributed by atoms with van der Waals surface area (Å²) in [7, 11) is 1.65. The highest BCUT2D eigenvalue weighted by Crippen LogP contribution is 2.30. The SMILES string of the molecule is CN=C(NCCc1nc(C(F)(F)F)cs1)NC1CCN(C(=O)C2CCCCC2)C1.I. The van der Waals surface area contributed by atoms with Gasteiger partial charge in [-0.1, -0.05) is 19.3 Å². The van der Waals surface area contributed by atoms with Gasteiger partial charge in [-0.3, -0.25) is 9.79 Å². The number of likely N-dealkylation sites (tertiary alicyclic amines) is 1. The maximum Gasteiger partial charge on any atom is 0.434 e. The van der Waals surface area contributed by atoms with Crippen molar-refractivity contribution in [3.05, 3.63) is 16.1 Å². The van der Waals surface area contributed by atoms with Crippen LogP contribution in [0.4, 0.5) is 13.2 Å². The van der Waals surface area contributed by atoms with Crippen molar-refractivity contribution in [3.63, 3.8) is 0 Å². The summed E-state index contributed by atoms with van der Waals surface area (Å²) in [5.41, 5.74) is -0.839. The van der Waals surface area contributed by atoms with E-state index in [1.54, 1.807) is 7.05 Å². The van der Waals surface area contributed by atoms with Gasteiger partial charge >= 0.3 is 6.18 Å². The first-order chi connectivity index (χ1) is 13.9. The first-order valence-corrected chi connectivity index (χ1v) is 11.0. The number of guanidine groups is 1. The van der Waals surface area contributed by atoms with E-state index in [2.05, 4.69) is 20.6 Å². The molecule has 2 aliphatic rings. The fourth-order valence-corrected chi connectivity index (χ4v) is 4.72. The monoisotopic (exact) mass is 559 g/mol. The summed E-state index contributed by atoms with van der Waals surface area (Å²) in [6, 6.07) is 0.130. The minimum atomic E-state index is -4.40. The molecule has 1 atom stereocenters. The Labute approximate surface area is 196 Å². The number of rotatable bonds is 5. The van der Waals surface area contributed by atoms with E-state index in [0.29, 0.717) is 30.5 Å². The van der Waals surface area contributed by atoms with Gasteiger partial charge in [-0.05, 0) is 19.3 Å². The van der Waals surface area contributed by atoms with Crippen LogP contribution in [0.3, 0.4) is 0 Å². The highest BCUT2D eigenvalue weighted by molar-refractivity contribution is 14.0. The molecule has 2 N–H and O–H groups in total. The van der Waals surface area contributed by atoms with Crippen LogP contribution >= 0.6 is 35.3 Å². The van der Waals surface area contributed by atoms with E-state index in [9.17, 15) is 18.0 Å². The van der Waals surface area contributed by atoms with Crippen LogP contribution in [0.5, 0.6) is 0 Å². The average molecular weight is 559 g/mol. The minimum absolute atomic E-state index is 0. The Morgan fingerprint density at radius 3 is 2.67 bits per heavy atom. The molecule has 0 radical (unpaired) electrons. The molecule has 1 saturated carbocycles. The Bertz CT molecular complexity index is 721. The van der Waals surface area contributed by atoms with Crippen LogP contribution in [0, 0.1) is 5.92 Å². The largest absolute Gasteiger partial charge is 0.434 e. The Hall–Kier alpha value is -1.11. The van der Waals surface area contributed by atoms with Gasteiger partial charge in [0.25, 0.3) is 0 Å². The lowest BCUT2D eigenvalue weighted by molar-refractivity contribution is -0.140. The fraction of sp³-hybridized carbons (Fsp3) is 0.737. The van der Waals surface area contributed by atoms with Gasteiger partial charge in [-0.2, -0.15) is 13.2 Å². The van der Waals surface area contributed by atoms with Crippen LogP contribution in [-0.4, -0.2) is 54.5 Å². The van der Waals surface area contributed by atoms with Crippen molar-refractivity contribution in [2.24, 2.45) is 10.9 Å². The molecule has 1 aromatic heterocycles. The molecule has 30 heavy (non-hydrogen) atoms. The number of carbonyl (C=O) groups excluding carboxylic acids is 1. The van der Waals surface area contributed by atoms with Gasteiger partial charge in [0.15, 0.2) is 11.7 Å². The quantitative estimate of drug-likeness (QED) is 0.328. The first kappa shape index (κ1) is 25.2. The number of amides is 1. The molecule has 1 aliphatic heterocycles. The van der Waals surface area contributed by atoms with Crippen molar-refractivity contribution in [3.8, 4) is 0 Å². The Kier molecular flexibility index (Phi) is 9.64. The number of nitrogens with one attached hydrogen (secondary N) is 2. The highest BCUT2D eigenvalue weighted by Gasteiger charge is 2.34. The summed E-state index contributed by atoms with van der Waals surface area (Å²) in [6.07, 6.45) is 2.38. The van der Waals surface area contributed by atoms with E-state index in [1.807, 2.05) is 4.90 Å². The van der Waals surface area contributed by atoms with E-state index in [-0.39, 0.29) is 41.8 Å². The second kappa shape index (κ2) is 11.5. The van der Waals surface area contributed by atoms with Gasteiger partial charge in [0, 0.05) is 50.4 Å². The average Bonchev–Trinajstić information content (AvgIpc) is 3.37. The van der Waals surface area contributed by atoms with Gasteiger partial charge in [-0.15, -0.1) is 35.3 Å². The third kappa shape index (κ3) is 6.96. The van der Waals surface area contributed by atoms with E-state index in [0.717, 1.165) is 55.4 Å². The molecule has 1 aliphatic carbocycles. The number of carbonyl (C=O) groups is 1. The highest BCUT2D eigenvalue weighted by atomic mass is 127. The lowest BCUT2D eigenvalue weighted by atomic mass is 9.88. The van der Waals surface area contributed by atoms with Crippen molar-refractivity contribution >= 4 is 47.2 Å². The number of hydrogen-bond acceptors (Lipinski definition) is 4. The van der Waals surface area contributed by atoms with Crippen molar-refractivity contribution in [2.45, 2.75) is 57.2 Å². The summed E-state index contributed by atoms with van der Waals surface area (Å²) >= 11 is 1.01. The van der Waals surface area contributed by atoms with Crippen LogP contribution in [0.15, 0.2) is 10.4 Å². The number of hydrogen-bond donors (Lipinski definition) is 2. The number of aromatic nitrogens is 1. The molecule has 1 aromatic rings. The number of thiazole rings is 1. The lowest BCUT2D eigenvalue weighted by Gasteiger charge is -2.26. The smallest absolute Gasteiger partial charge is 0.356 e. The molecule has 11 heteroatoms. The predicted molar refractivity (Wildman–Crippen MR) is 122 cm³/mol. The van der Waals surface area contributed by atoms with Crippen LogP contribution < -0.4 is 10.6 Å². The van der Waals surface area contributed by atoms with Gasteiger partial charge in [0.1, 0.15) is 0 Å². The van der Waals surface area contributed by atoms with Crippen molar-refractivity contribution < 1.29 is 18.0 Å². The van der Waals surface area contributed by atoms with Gasteiger partial charge in [0.05, 0.1) is 5.01 Å². The number of alkyl halides is 3. The molecule has 0 bridgehead atoms. The lowest BCUT2D eigenvalue weighted by Crippen LogP contribution is -2.46. The molecule has 0 aromatic carbocycles. The van der Waals surface area contributed by atoms with Crippen LogP contribution in [0.2, 0.25) is 0 Å². The second-order valence-electron chi connectivity index (χ2n) is 7.62. The summed E-state index contributed by atoms with van der Waals surface area (Å²) in [5.74, 6) is 1.05. The summed E-state index contributed by atoms with van der Waals surface area (Å²) < 4.78 is 37.8. The molecule has 6 nitrogen and oxygen atoms in total.